The van der Waals surface area contributed by atoms with Crippen LogP contribution < -0.4 is 0 Å². The predicted molar refractivity (Wildman–Crippen MR) is 58.5 cm³/mol. The Morgan fingerprint density at radius 3 is 1.93 bits per heavy atom. The lowest BCUT2D eigenvalue weighted by Gasteiger charge is -2.24. The molecule has 0 rings (SSSR count). The van der Waals surface area contributed by atoms with E-state index in [4.69, 9.17) is 10.0 Å². The lowest BCUT2D eigenvalue weighted by Crippen LogP contribution is -2.20. The third-order valence-corrected chi connectivity index (χ3v) is 2.66. The monoisotopic (exact) mass is 202 g/mol. The molecule has 0 aliphatic rings. The molecule has 3 nitrogen and oxygen atoms in total. The van der Waals surface area contributed by atoms with E-state index in [0.29, 0.717) is 24.4 Å². The van der Waals surface area contributed by atoms with Gasteiger partial charge in [-0.05, 0) is 30.6 Å². The Morgan fingerprint density at radius 1 is 1.07 bits per heavy atom. The highest BCUT2D eigenvalue weighted by Gasteiger charge is 2.17. The summed E-state index contributed by atoms with van der Waals surface area (Å²) < 4.78 is 4.66. The third-order valence-electron chi connectivity index (χ3n) is 2.66. The van der Waals surface area contributed by atoms with E-state index in [-0.39, 0.29) is 0 Å². The van der Waals surface area contributed by atoms with Crippen molar-refractivity contribution in [2.24, 2.45) is 17.8 Å². The SMILES string of the molecule is CC(C)C(CCCOB(O)O)C(C)C. The molecule has 84 valence electrons. The van der Waals surface area contributed by atoms with Gasteiger partial charge in [0.25, 0.3) is 0 Å². The second-order valence-corrected chi connectivity index (χ2v) is 4.49. The first-order valence-corrected chi connectivity index (χ1v) is 5.43. The van der Waals surface area contributed by atoms with Gasteiger partial charge < -0.3 is 14.7 Å². The highest BCUT2D eigenvalue weighted by atomic mass is 16.6. The van der Waals surface area contributed by atoms with Gasteiger partial charge in [-0.25, -0.2) is 0 Å². The van der Waals surface area contributed by atoms with Gasteiger partial charge in [-0.1, -0.05) is 27.7 Å². The molecule has 0 bridgehead atoms. The molecule has 0 spiro atoms. The van der Waals surface area contributed by atoms with Crippen LogP contribution in [-0.4, -0.2) is 24.0 Å². The molecule has 0 aliphatic carbocycles. The number of hydrogen-bond donors (Lipinski definition) is 2. The Hall–Kier alpha value is -0.0551. The van der Waals surface area contributed by atoms with Gasteiger partial charge in [0.2, 0.25) is 0 Å². The minimum Gasteiger partial charge on any atom is -0.402 e. The summed E-state index contributed by atoms with van der Waals surface area (Å²) in [4.78, 5) is 0. The highest BCUT2D eigenvalue weighted by Crippen LogP contribution is 2.25. The van der Waals surface area contributed by atoms with E-state index >= 15 is 0 Å². The summed E-state index contributed by atoms with van der Waals surface area (Å²) in [5.41, 5.74) is 0. The second-order valence-electron chi connectivity index (χ2n) is 4.49. The molecule has 0 aromatic heterocycles. The van der Waals surface area contributed by atoms with Crippen LogP contribution in [0.1, 0.15) is 40.5 Å². The Bertz CT molecular complexity index is 129. The smallest absolute Gasteiger partial charge is 0.402 e. The molecule has 0 unspecified atom stereocenters. The Morgan fingerprint density at radius 2 is 1.57 bits per heavy atom. The van der Waals surface area contributed by atoms with E-state index in [0.717, 1.165) is 12.8 Å². The summed E-state index contributed by atoms with van der Waals surface area (Å²) >= 11 is 0. The van der Waals surface area contributed by atoms with Crippen LogP contribution in [0.3, 0.4) is 0 Å². The zero-order valence-electron chi connectivity index (χ0n) is 9.73. The fraction of sp³-hybridized carbons (Fsp3) is 1.00. The van der Waals surface area contributed by atoms with Crippen molar-refractivity contribution < 1.29 is 14.7 Å². The van der Waals surface area contributed by atoms with Crippen molar-refractivity contribution in [1.82, 2.24) is 0 Å². The van der Waals surface area contributed by atoms with Gasteiger partial charge in [-0.15, -0.1) is 0 Å². The van der Waals surface area contributed by atoms with E-state index in [9.17, 15) is 0 Å². The van der Waals surface area contributed by atoms with E-state index in [1.165, 1.54) is 0 Å². The van der Waals surface area contributed by atoms with Crippen molar-refractivity contribution >= 4 is 7.32 Å². The molecular weight excluding hydrogens is 179 g/mol. The maximum atomic E-state index is 8.47. The molecule has 0 heterocycles. The summed E-state index contributed by atoms with van der Waals surface area (Å²) in [6, 6.07) is 0. The summed E-state index contributed by atoms with van der Waals surface area (Å²) in [5, 5.41) is 16.9. The number of rotatable bonds is 7. The summed E-state index contributed by atoms with van der Waals surface area (Å²) in [7, 11) is -1.62. The minimum atomic E-state index is -1.62. The molecule has 0 aromatic carbocycles. The molecule has 0 atom stereocenters. The normalized spacial score (nSPS) is 11.8. The van der Waals surface area contributed by atoms with Gasteiger partial charge in [-0.3, -0.25) is 0 Å². The molecular formula is C10H23BO3. The summed E-state index contributed by atoms with van der Waals surface area (Å²) in [6.45, 7) is 9.34. The van der Waals surface area contributed by atoms with Gasteiger partial charge >= 0.3 is 7.32 Å². The largest absolute Gasteiger partial charge is 0.633 e. The molecule has 0 amide bonds. The van der Waals surface area contributed by atoms with Crippen molar-refractivity contribution in [3.63, 3.8) is 0 Å². The van der Waals surface area contributed by atoms with Gasteiger partial charge in [-0.2, -0.15) is 0 Å². The van der Waals surface area contributed by atoms with Crippen LogP contribution >= 0.6 is 0 Å². The van der Waals surface area contributed by atoms with E-state index in [1.54, 1.807) is 0 Å². The maximum Gasteiger partial charge on any atom is 0.633 e. The van der Waals surface area contributed by atoms with Crippen LogP contribution in [0, 0.1) is 17.8 Å². The number of hydrogen-bond acceptors (Lipinski definition) is 3. The molecule has 0 saturated carbocycles. The molecule has 0 fully saturated rings. The van der Waals surface area contributed by atoms with Gasteiger partial charge in [0.15, 0.2) is 0 Å². The van der Waals surface area contributed by atoms with Gasteiger partial charge in [0, 0.05) is 6.61 Å². The first-order valence-electron chi connectivity index (χ1n) is 5.43. The molecule has 0 saturated heterocycles. The highest BCUT2D eigenvalue weighted by molar-refractivity contribution is 6.32. The lowest BCUT2D eigenvalue weighted by molar-refractivity contribution is 0.169. The van der Waals surface area contributed by atoms with Gasteiger partial charge in [0.05, 0.1) is 0 Å². The molecule has 14 heavy (non-hydrogen) atoms. The van der Waals surface area contributed by atoms with Crippen LogP contribution in [0.15, 0.2) is 0 Å². The lowest BCUT2D eigenvalue weighted by atomic mass is 9.82. The van der Waals surface area contributed by atoms with Crippen molar-refractivity contribution in [3.05, 3.63) is 0 Å². The first-order chi connectivity index (χ1) is 6.45. The molecule has 0 aliphatic heterocycles. The zero-order chi connectivity index (χ0) is 11.1. The van der Waals surface area contributed by atoms with Gasteiger partial charge in [0.1, 0.15) is 0 Å². The fourth-order valence-electron chi connectivity index (χ4n) is 1.94. The molecule has 0 radical (unpaired) electrons. The van der Waals surface area contributed by atoms with Crippen molar-refractivity contribution in [2.45, 2.75) is 40.5 Å². The van der Waals surface area contributed by atoms with E-state index < -0.39 is 7.32 Å². The predicted octanol–water partition coefficient (Wildman–Crippen LogP) is 1.68. The summed E-state index contributed by atoms with van der Waals surface area (Å²) in [5.74, 6) is 2.04. The van der Waals surface area contributed by atoms with Crippen LogP contribution in [0.2, 0.25) is 0 Å². The molecule has 2 N–H and O–H groups in total. The standard InChI is InChI=1S/C10H23BO3/c1-8(2)10(9(3)4)6-5-7-14-11(12)13/h8-10,12-13H,5-7H2,1-4H3. The fourth-order valence-corrected chi connectivity index (χ4v) is 1.94. The van der Waals surface area contributed by atoms with Crippen molar-refractivity contribution in [2.75, 3.05) is 6.61 Å². The average Bonchev–Trinajstić information content (AvgIpc) is 2.01. The molecule has 0 aromatic rings. The first kappa shape index (κ1) is 13.9. The van der Waals surface area contributed by atoms with Crippen molar-refractivity contribution in [1.29, 1.82) is 0 Å². The van der Waals surface area contributed by atoms with Crippen LogP contribution in [0.25, 0.3) is 0 Å². The Balaban J connectivity index is 3.62. The van der Waals surface area contributed by atoms with E-state index in [2.05, 4.69) is 32.3 Å². The van der Waals surface area contributed by atoms with Crippen LogP contribution in [-0.2, 0) is 4.65 Å². The van der Waals surface area contributed by atoms with E-state index in [1.807, 2.05) is 0 Å². The minimum absolute atomic E-state index is 0.424. The molecule has 4 heteroatoms. The second kappa shape index (κ2) is 7.26. The zero-order valence-corrected chi connectivity index (χ0v) is 9.73. The Labute approximate surface area is 87.7 Å². The van der Waals surface area contributed by atoms with Crippen LogP contribution in [0.5, 0.6) is 0 Å². The Kier molecular flexibility index (Phi) is 7.24. The summed E-state index contributed by atoms with van der Waals surface area (Å²) in [6.07, 6.45) is 1.97. The van der Waals surface area contributed by atoms with Crippen molar-refractivity contribution in [3.8, 4) is 0 Å². The quantitative estimate of drug-likeness (QED) is 0.487. The topological polar surface area (TPSA) is 49.7 Å². The average molecular weight is 202 g/mol. The maximum absolute atomic E-state index is 8.47. The van der Waals surface area contributed by atoms with Crippen LogP contribution in [0.4, 0.5) is 0 Å². The third kappa shape index (κ3) is 6.41.